The summed E-state index contributed by atoms with van der Waals surface area (Å²) in [6.07, 6.45) is 1.67. The van der Waals surface area contributed by atoms with Crippen LogP contribution in [0.25, 0.3) is 10.8 Å². The van der Waals surface area contributed by atoms with Crippen LogP contribution >= 0.6 is 0 Å². The Hall–Kier alpha value is -0.890. The number of benzene rings is 2. The maximum absolute atomic E-state index is 11.0. The van der Waals surface area contributed by atoms with Gasteiger partial charge in [0.05, 0.1) is 6.42 Å². The average molecular weight is 291 g/mol. The van der Waals surface area contributed by atoms with Gasteiger partial charge in [-0.05, 0) is 23.3 Å². The number of hydrogen-bond donors (Lipinski definition) is 0. The molecule has 0 N–H and O–H groups in total. The van der Waals surface area contributed by atoms with Gasteiger partial charge in [0.1, 0.15) is 5.78 Å². The number of carbonyl (C=O) groups is 1. The molecule has 15 heavy (non-hydrogen) atoms. The van der Waals surface area contributed by atoms with Crippen LogP contribution in [0.5, 0.6) is 0 Å². The quantitative estimate of drug-likeness (QED) is 0.777. The van der Waals surface area contributed by atoms with E-state index in [0.717, 1.165) is 10.9 Å². The number of ketones is 1. The van der Waals surface area contributed by atoms with E-state index in [1.54, 1.807) is 13.3 Å². The summed E-state index contributed by atoms with van der Waals surface area (Å²) >= 11 is 0. The van der Waals surface area contributed by atoms with Crippen LogP contribution in [0.2, 0.25) is 0 Å². The summed E-state index contributed by atoms with van der Waals surface area (Å²) in [5, 5.41) is 2.30. The largest absolute Gasteiger partial charge is 0.299 e. The molecule has 0 atom stereocenters. The molecule has 0 heterocycles. The molecule has 0 bridgehead atoms. The first kappa shape index (κ1) is 12.2. The summed E-state index contributed by atoms with van der Waals surface area (Å²) in [6, 6.07) is 14.0. The average Bonchev–Trinajstić information content (AvgIpc) is 2.18. The van der Waals surface area contributed by atoms with Gasteiger partial charge in [-0.3, -0.25) is 4.79 Å². The van der Waals surface area contributed by atoms with Gasteiger partial charge in [-0.2, -0.15) is 0 Å². The van der Waals surface area contributed by atoms with Crippen LogP contribution in [0, 0.1) is 6.42 Å². The van der Waals surface area contributed by atoms with Crippen molar-refractivity contribution < 1.29 is 27.2 Å². The SMILES string of the molecule is CC(=O)[CH]c1cccc2ccccc12.[Ag]. The molecule has 2 aromatic rings. The van der Waals surface area contributed by atoms with Crippen LogP contribution in [0.1, 0.15) is 12.5 Å². The molecule has 0 saturated heterocycles. The van der Waals surface area contributed by atoms with Gasteiger partial charge in [-0.1, -0.05) is 42.5 Å². The van der Waals surface area contributed by atoms with Crippen molar-refractivity contribution in [1.82, 2.24) is 0 Å². The summed E-state index contributed by atoms with van der Waals surface area (Å²) in [5.41, 5.74) is 0.996. The zero-order chi connectivity index (χ0) is 9.97. The molecule has 0 aliphatic rings. The van der Waals surface area contributed by atoms with E-state index in [1.807, 2.05) is 42.5 Å². The first-order valence-corrected chi connectivity index (χ1v) is 4.60. The van der Waals surface area contributed by atoms with Crippen molar-refractivity contribution in [2.75, 3.05) is 0 Å². The topological polar surface area (TPSA) is 17.1 Å². The minimum Gasteiger partial charge on any atom is -0.299 e. The van der Waals surface area contributed by atoms with Crippen LogP contribution in [0.4, 0.5) is 0 Å². The van der Waals surface area contributed by atoms with Crippen molar-refractivity contribution in [3.05, 3.63) is 54.4 Å². The van der Waals surface area contributed by atoms with Gasteiger partial charge in [0, 0.05) is 22.4 Å². The molecule has 2 rings (SSSR count). The Balaban J connectivity index is 0.00000112. The van der Waals surface area contributed by atoms with E-state index in [2.05, 4.69) is 0 Å². The number of rotatable bonds is 2. The molecule has 0 aromatic heterocycles. The van der Waals surface area contributed by atoms with Crippen molar-refractivity contribution in [1.29, 1.82) is 0 Å². The van der Waals surface area contributed by atoms with Gasteiger partial charge >= 0.3 is 0 Å². The van der Waals surface area contributed by atoms with Gasteiger partial charge in [-0.25, -0.2) is 0 Å². The normalized spacial score (nSPS) is 9.67. The minimum absolute atomic E-state index is 0. The Kier molecular flexibility index (Phi) is 4.28. The molecule has 80 valence electrons. The number of fused-ring (bicyclic) bond motifs is 1. The van der Waals surface area contributed by atoms with Crippen LogP contribution in [-0.2, 0) is 27.2 Å². The Morgan fingerprint density at radius 3 is 2.47 bits per heavy atom. The van der Waals surface area contributed by atoms with Gasteiger partial charge in [-0.15, -0.1) is 0 Å². The third-order valence-electron chi connectivity index (χ3n) is 2.18. The summed E-state index contributed by atoms with van der Waals surface area (Å²) in [5.74, 6) is 0.0846. The maximum Gasteiger partial charge on any atom is 0.138 e. The smallest absolute Gasteiger partial charge is 0.138 e. The molecule has 0 unspecified atom stereocenters. The van der Waals surface area contributed by atoms with Crippen molar-refractivity contribution in [3.63, 3.8) is 0 Å². The van der Waals surface area contributed by atoms with E-state index >= 15 is 0 Å². The second kappa shape index (κ2) is 5.26. The van der Waals surface area contributed by atoms with Crippen LogP contribution in [-0.4, -0.2) is 5.78 Å². The number of hydrogen-bond acceptors (Lipinski definition) is 1. The Labute approximate surface area is 105 Å². The van der Waals surface area contributed by atoms with Crippen LogP contribution < -0.4 is 0 Å². The van der Waals surface area contributed by atoms with Crippen LogP contribution in [0.15, 0.2) is 42.5 Å². The van der Waals surface area contributed by atoms with E-state index < -0.39 is 0 Å². The molecule has 0 aliphatic heterocycles. The third-order valence-corrected chi connectivity index (χ3v) is 2.18. The molecular formula is C13H11AgO. The standard InChI is InChI=1S/C13H11O.Ag/c1-10(14)9-12-7-4-6-11-5-2-3-8-13(11)12;/h2-9H,1H3;. The predicted octanol–water partition coefficient (Wildman–Crippen LogP) is 2.98. The fraction of sp³-hybridized carbons (Fsp3) is 0.0769. The van der Waals surface area contributed by atoms with Crippen molar-refractivity contribution in [3.8, 4) is 0 Å². The van der Waals surface area contributed by atoms with Gasteiger partial charge in [0.2, 0.25) is 0 Å². The maximum atomic E-state index is 11.0. The molecule has 0 aliphatic carbocycles. The second-order valence-corrected chi connectivity index (χ2v) is 3.32. The molecular weight excluding hydrogens is 280 g/mol. The Bertz CT molecular complexity index is 471. The molecule has 2 heteroatoms. The summed E-state index contributed by atoms with van der Waals surface area (Å²) in [7, 11) is 0. The van der Waals surface area contributed by atoms with Crippen molar-refractivity contribution >= 4 is 16.6 Å². The summed E-state index contributed by atoms with van der Waals surface area (Å²) < 4.78 is 0. The zero-order valence-corrected chi connectivity index (χ0v) is 9.81. The molecule has 2 aromatic carbocycles. The zero-order valence-electron chi connectivity index (χ0n) is 8.33. The van der Waals surface area contributed by atoms with E-state index in [4.69, 9.17) is 0 Å². The van der Waals surface area contributed by atoms with Crippen LogP contribution in [0.3, 0.4) is 0 Å². The predicted molar refractivity (Wildman–Crippen MR) is 58.0 cm³/mol. The Morgan fingerprint density at radius 2 is 1.73 bits per heavy atom. The molecule has 1 nitrogen and oxygen atoms in total. The fourth-order valence-corrected chi connectivity index (χ4v) is 1.60. The summed E-state index contributed by atoms with van der Waals surface area (Å²) in [6.45, 7) is 1.57. The van der Waals surface area contributed by atoms with Crippen molar-refractivity contribution in [2.24, 2.45) is 0 Å². The molecule has 0 amide bonds. The molecule has 0 saturated carbocycles. The first-order valence-electron chi connectivity index (χ1n) is 4.60. The van der Waals surface area contributed by atoms with E-state index in [0.29, 0.717) is 0 Å². The fourth-order valence-electron chi connectivity index (χ4n) is 1.60. The second-order valence-electron chi connectivity index (χ2n) is 3.32. The first-order chi connectivity index (χ1) is 6.77. The van der Waals surface area contributed by atoms with Gasteiger partial charge in [0.25, 0.3) is 0 Å². The molecule has 0 fully saturated rings. The number of carbonyl (C=O) groups excluding carboxylic acids is 1. The monoisotopic (exact) mass is 290 g/mol. The number of Topliss-reactive ketones (excluding diaryl/α,β-unsaturated/α-hetero) is 1. The Morgan fingerprint density at radius 1 is 1.07 bits per heavy atom. The van der Waals surface area contributed by atoms with E-state index in [-0.39, 0.29) is 28.2 Å². The van der Waals surface area contributed by atoms with E-state index in [1.165, 1.54) is 5.39 Å². The van der Waals surface area contributed by atoms with Crippen molar-refractivity contribution in [2.45, 2.75) is 6.92 Å². The molecule has 2 radical (unpaired) electrons. The third kappa shape index (κ3) is 2.78. The minimum atomic E-state index is 0. The van der Waals surface area contributed by atoms with Gasteiger partial charge < -0.3 is 0 Å². The summed E-state index contributed by atoms with van der Waals surface area (Å²) in [4.78, 5) is 11.0. The molecule has 0 spiro atoms. The van der Waals surface area contributed by atoms with E-state index in [9.17, 15) is 4.79 Å². The van der Waals surface area contributed by atoms with Gasteiger partial charge in [0.15, 0.2) is 0 Å².